The minimum absolute atomic E-state index is 0.0791. The van der Waals surface area contributed by atoms with E-state index in [1.54, 1.807) is 0 Å². The van der Waals surface area contributed by atoms with Gasteiger partial charge in [0, 0.05) is 0 Å². The highest BCUT2D eigenvalue weighted by molar-refractivity contribution is 7.89. The van der Waals surface area contributed by atoms with E-state index in [9.17, 15) is 8.42 Å². The summed E-state index contributed by atoms with van der Waals surface area (Å²) in [5.41, 5.74) is 1.14. The van der Waals surface area contributed by atoms with Crippen molar-refractivity contribution in [2.45, 2.75) is 12.8 Å². The van der Waals surface area contributed by atoms with E-state index in [2.05, 4.69) is 4.84 Å². The van der Waals surface area contributed by atoms with Gasteiger partial charge < -0.3 is 0 Å². The first-order valence-electron chi connectivity index (χ1n) is 4.70. The summed E-state index contributed by atoms with van der Waals surface area (Å²) >= 11 is 0. The van der Waals surface area contributed by atoms with Gasteiger partial charge in [-0.05, 0) is 18.4 Å². The number of hydrogen-bond donors (Lipinski definition) is 1. The first kappa shape index (κ1) is 12.2. The molecule has 0 unspecified atom stereocenters. The number of sulfonamides is 1. The molecule has 1 aromatic carbocycles. The van der Waals surface area contributed by atoms with Gasteiger partial charge in [0.15, 0.2) is 0 Å². The van der Waals surface area contributed by atoms with Crippen LogP contribution in [-0.4, -0.2) is 21.3 Å². The van der Waals surface area contributed by atoms with Gasteiger partial charge in [-0.25, -0.2) is 8.42 Å². The fourth-order valence-corrected chi connectivity index (χ4v) is 2.14. The SMILES string of the molecule is CONS(=O)(=O)CCCc1ccccc1. The zero-order valence-corrected chi connectivity index (χ0v) is 9.46. The molecule has 5 heteroatoms. The van der Waals surface area contributed by atoms with Crippen LogP contribution in [0.1, 0.15) is 12.0 Å². The number of aryl methyl sites for hydroxylation is 1. The second-order valence-corrected chi connectivity index (χ2v) is 5.00. The van der Waals surface area contributed by atoms with Crippen LogP contribution in [0.2, 0.25) is 0 Å². The van der Waals surface area contributed by atoms with E-state index in [1.165, 1.54) is 7.11 Å². The van der Waals surface area contributed by atoms with E-state index in [-0.39, 0.29) is 5.75 Å². The molecule has 0 spiro atoms. The summed E-state index contributed by atoms with van der Waals surface area (Å²) in [5.74, 6) is 0.0791. The van der Waals surface area contributed by atoms with Gasteiger partial charge in [0.1, 0.15) is 0 Å². The van der Waals surface area contributed by atoms with Crippen LogP contribution in [0.4, 0.5) is 0 Å². The summed E-state index contributed by atoms with van der Waals surface area (Å²) in [7, 11) is -1.99. The minimum atomic E-state index is -3.27. The standard InChI is InChI=1S/C10H15NO3S/c1-14-11-15(12,13)9-5-8-10-6-3-2-4-7-10/h2-4,6-7,11H,5,8-9H2,1H3. The molecular formula is C10H15NO3S. The molecule has 15 heavy (non-hydrogen) atoms. The second-order valence-electron chi connectivity index (χ2n) is 3.20. The molecule has 1 aromatic rings. The Morgan fingerprint density at radius 2 is 1.93 bits per heavy atom. The van der Waals surface area contributed by atoms with Crippen molar-refractivity contribution in [2.24, 2.45) is 0 Å². The van der Waals surface area contributed by atoms with Crippen molar-refractivity contribution in [1.82, 2.24) is 4.89 Å². The zero-order chi connectivity index (χ0) is 11.1. The molecule has 0 heterocycles. The summed E-state index contributed by atoms with van der Waals surface area (Å²) in [6, 6.07) is 9.79. The van der Waals surface area contributed by atoms with Crippen molar-refractivity contribution < 1.29 is 13.3 Å². The highest BCUT2D eigenvalue weighted by Gasteiger charge is 2.08. The third-order valence-corrected chi connectivity index (χ3v) is 3.18. The van der Waals surface area contributed by atoms with Gasteiger partial charge >= 0.3 is 0 Å². The topological polar surface area (TPSA) is 55.4 Å². The second kappa shape index (κ2) is 5.85. The Balaban J connectivity index is 2.34. The third kappa shape index (κ3) is 4.92. The molecular weight excluding hydrogens is 214 g/mol. The van der Waals surface area contributed by atoms with E-state index in [0.29, 0.717) is 6.42 Å². The van der Waals surface area contributed by atoms with Crippen molar-refractivity contribution in [1.29, 1.82) is 0 Å². The molecule has 1 rings (SSSR count). The predicted octanol–water partition coefficient (Wildman–Crippen LogP) is 1.10. The lowest BCUT2D eigenvalue weighted by Gasteiger charge is -2.03. The average molecular weight is 229 g/mol. The number of benzene rings is 1. The normalized spacial score (nSPS) is 11.5. The summed E-state index contributed by atoms with van der Waals surface area (Å²) in [6.07, 6.45) is 1.34. The Morgan fingerprint density at radius 1 is 1.27 bits per heavy atom. The molecule has 0 aliphatic heterocycles. The molecule has 0 bridgehead atoms. The van der Waals surface area contributed by atoms with E-state index in [4.69, 9.17) is 0 Å². The van der Waals surface area contributed by atoms with E-state index in [0.717, 1.165) is 12.0 Å². The average Bonchev–Trinajstić information content (AvgIpc) is 2.19. The van der Waals surface area contributed by atoms with Gasteiger partial charge in [-0.3, -0.25) is 4.84 Å². The predicted molar refractivity (Wildman–Crippen MR) is 58.7 cm³/mol. The maximum absolute atomic E-state index is 11.2. The van der Waals surface area contributed by atoms with Crippen LogP contribution >= 0.6 is 0 Å². The molecule has 0 saturated carbocycles. The van der Waals surface area contributed by atoms with Gasteiger partial charge in [0.2, 0.25) is 10.0 Å². The van der Waals surface area contributed by atoms with Crippen molar-refractivity contribution >= 4 is 10.0 Å². The molecule has 0 radical (unpaired) electrons. The highest BCUT2D eigenvalue weighted by atomic mass is 32.2. The summed E-state index contributed by atoms with van der Waals surface area (Å²) in [5, 5.41) is 0. The molecule has 0 atom stereocenters. The summed E-state index contributed by atoms with van der Waals surface area (Å²) in [6.45, 7) is 0. The van der Waals surface area contributed by atoms with Crippen molar-refractivity contribution in [2.75, 3.05) is 12.9 Å². The van der Waals surface area contributed by atoms with Crippen molar-refractivity contribution in [3.63, 3.8) is 0 Å². The summed E-state index contributed by atoms with van der Waals surface area (Å²) in [4.78, 5) is 6.35. The lowest BCUT2D eigenvalue weighted by atomic mass is 10.1. The van der Waals surface area contributed by atoms with E-state index >= 15 is 0 Å². The Morgan fingerprint density at radius 3 is 2.53 bits per heavy atom. The first-order chi connectivity index (χ1) is 7.14. The number of hydrogen-bond acceptors (Lipinski definition) is 3. The quantitative estimate of drug-likeness (QED) is 0.743. The first-order valence-corrected chi connectivity index (χ1v) is 6.36. The Hall–Kier alpha value is -0.910. The summed E-state index contributed by atoms with van der Waals surface area (Å²) < 4.78 is 22.4. The van der Waals surface area contributed by atoms with Crippen molar-refractivity contribution in [3.05, 3.63) is 35.9 Å². The van der Waals surface area contributed by atoms with Crippen LogP contribution in [-0.2, 0) is 21.3 Å². The number of rotatable bonds is 6. The molecule has 0 aromatic heterocycles. The van der Waals surface area contributed by atoms with Crippen LogP contribution in [0.5, 0.6) is 0 Å². The van der Waals surface area contributed by atoms with Crippen LogP contribution in [0.3, 0.4) is 0 Å². The Kier molecular flexibility index (Phi) is 4.74. The van der Waals surface area contributed by atoms with Crippen molar-refractivity contribution in [3.8, 4) is 0 Å². The van der Waals surface area contributed by atoms with Gasteiger partial charge in [0.25, 0.3) is 0 Å². The van der Waals surface area contributed by atoms with Crippen LogP contribution in [0, 0.1) is 0 Å². The molecule has 84 valence electrons. The molecule has 0 saturated heterocycles. The highest BCUT2D eigenvalue weighted by Crippen LogP contribution is 2.03. The van der Waals surface area contributed by atoms with Crippen LogP contribution < -0.4 is 4.89 Å². The molecule has 1 N–H and O–H groups in total. The maximum Gasteiger partial charge on any atom is 0.233 e. The van der Waals surface area contributed by atoms with E-state index < -0.39 is 10.0 Å². The fourth-order valence-electron chi connectivity index (χ4n) is 1.28. The third-order valence-electron chi connectivity index (χ3n) is 1.93. The molecule has 4 nitrogen and oxygen atoms in total. The minimum Gasteiger partial charge on any atom is -0.290 e. The lowest BCUT2D eigenvalue weighted by molar-refractivity contribution is 0.153. The zero-order valence-electron chi connectivity index (χ0n) is 8.64. The Bertz CT molecular complexity index is 375. The lowest BCUT2D eigenvalue weighted by Crippen LogP contribution is -2.25. The van der Waals surface area contributed by atoms with Crippen LogP contribution in [0.25, 0.3) is 0 Å². The Labute approximate surface area is 90.3 Å². The van der Waals surface area contributed by atoms with Gasteiger partial charge in [-0.15, -0.1) is 0 Å². The molecule has 0 aliphatic rings. The molecule has 0 fully saturated rings. The number of nitrogens with one attached hydrogen (secondary N) is 1. The monoisotopic (exact) mass is 229 g/mol. The molecule has 0 amide bonds. The fraction of sp³-hybridized carbons (Fsp3) is 0.400. The van der Waals surface area contributed by atoms with Crippen LogP contribution in [0.15, 0.2) is 30.3 Å². The van der Waals surface area contributed by atoms with Gasteiger partial charge in [-0.1, -0.05) is 35.2 Å². The van der Waals surface area contributed by atoms with E-state index in [1.807, 2.05) is 35.2 Å². The smallest absolute Gasteiger partial charge is 0.233 e. The van der Waals surface area contributed by atoms with Gasteiger partial charge in [0.05, 0.1) is 12.9 Å². The molecule has 0 aliphatic carbocycles. The largest absolute Gasteiger partial charge is 0.290 e. The van der Waals surface area contributed by atoms with Gasteiger partial charge in [-0.2, -0.15) is 0 Å². The maximum atomic E-state index is 11.2.